The smallest absolute Gasteiger partial charge is 0.0113 e. The SMILES string of the molecule is CCN/C=C/C=C/SC(C)C. The molecule has 0 aliphatic carbocycles. The zero-order chi connectivity index (χ0) is 8.53. The van der Waals surface area contributed by atoms with Crippen LogP contribution in [0.2, 0.25) is 0 Å². The molecule has 0 rings (SSSR count). The first-order valence-corrected chi connectivity index (χ1v) is 4.92. The summed E-state index contributed by atoms with van der Waals surface area (Å²) in [6, 6.07) is 0. The third kappa shape index (κ3) is 9.63. The van der Waals surface area contributed by atoms with Gasteiger partial charge in [0.15, 0.2) is 0 Å². The second-order valence-electron chi connectivity index (χ2n) is 2.43. The largest absolute Gasteiger partial charge is 0.391 e. The van der Waals surface area contributed by atoms with Crippen LogP contribution in [-0.4, -0.2) is 11.8 Å². The molecular weight excluding hydrogens is 154 g/mol. The summed E-state index contributed by atoms with van der Waals surface area (Å²) < 4.78 is 0. The normalized spacial score (nSPS) is 12.0. The number of hydrogen-bond donors (Lipinski definition) is 1. The molecule has 0 radical (unpaired) electrons. The summed E-state index contributed by atoms with van der Waals surface area (Å²) >= 11 is 1.83. The summed E-state index contributed by atoms with van der Waals surface area (Å²) in [5.74, 6) is 0. The fourth-order valence-electron chi connectivity index (χ4n) is 0.489. The number of hydrogen-bond acceptors (Lipinski definition) is 2. The van der Waals surface area contributed by atoms with Gasteiger partial charge in [0, 0.05) is 11.8 Å². The fourth-order valence-corrected chi connectivity index (χ4v) is 0.985. The Morgan fingerprint density at radius 1 is 1.36 bits per heavy atom. The van der Waals surface area contributed by atoms with Gasteiger partial charge < -0.3 is 5.32 Å². The molecule has 0 bridgehead atoms. The zero-order valence-corrected chi connectivity index (χ0v) is 8.32. The van der Waals surface area contributed by atoms with Gasteiger partial charge in [-0.25, -0.2) is 0 Å². The highest BCUT2D eigenvalue weighted by Gasteiger charge is 1.84. The molecule has 2 heteroatoms. The van der Waals surface area contributed by atoms with Crippen LogP contribution in [0.3, 0.4) is 0 Å². The van der Waals surface area contributed by atoms with E-state index in [2.05, 4.69) is 31.5 Å². The lowest BCUT2D eigenvalue weighted by atomic mass is 10.6. The van der Waals surface area contributed by atoms with Crippen molar-refractivity contribution in [3.8, 4) is 0 Å². The summed E-state index contributed by atoms with van der Waals surface area (Å²) in [7, 11) is 0. The molecule has 0 heterocycles. The third-order valence-electron chi connectivity index (χ3n) is 0.959. The summed E-state index contributed by atoms with van der Waals surface area (Å²) in [5.41, 5.74) is 0. The van der Waals surface area contributed by atoms with Crippen LogP contribution in [-0.2, 0) is 0 Å². The molecule has 0 aromatic carbocycles. The van der Waals surface area contributed by atoms with Gasteiger partial charge in [0.1, 0.15) is 0 Å². The summed E-state index contributed by atoms with van der Waals surface area (Å²) in [5, 5.41) is 5.88. The minimum absolute atomic E-state index is 0.679. The number of nitrogens with one attached hydrogen (secondary N) is 1. The van der Waals surface area contributed by atoms with E-state index in [1.54, 1.807) is 0 Å². The van der Waals surface area contributed by atoms with Crippen LogP contribution in [0.15, 0.2) is 23.8 Å². The molecule has 0 aliphatic rings. The third-order valence-corrected chi connectivity index (χ3v) is 1.82. The quantitative estimate of drug-likeness (QED) is 0.638. The summed E-state index contributed by atoms with van der Waals surface area (Å²) in [6.45, 7) is 7.44. The molecule has 0 unspecified atom stereocenters. The highest BCUT2D eigenvalue weighted by molar-refractivity contribution is 8.02. The van der Waals surface area contributed by atoms with Crippen LogP contribution in [0.4, 0.5) is 0 Å². The molecule has 1 nitrogen and oxygen atoms in total. The lowest BCUT2D eigenvalue weighted by molar-refractivity contribution is 0.919. The fraction of sp³-hybridized carbons (Fsp3) is 0.556. The average molecular weight is 171 g/mol. The molecule has 0 atom stereocenters. The van der Waals surface area contributed by atoms with Gasteiger partial charge in [-0.05, 0) is 24.6 Å². The summed E-state index contributed by atoms with van der Waals surface area (Å²) in [6.07, 6.45) is 6.02. The van der Waals surface area contributed by atoms with Crippen molar-refractivity contribution in [2.24, 2.45) is 0 Å². The average Bonchev–Trinajstić information content (AvgIpc) is 1.96. The molecule has 0 aliphatic heterocycles. The highest BCUT2D eigenvalue weighted by atomic mass is 32.2. The maximum absolute atomic E-state index is 3.10. The van der Waals surface area contributed by atoms with Crippen LogP contribution in [0.5, 0.6) is 0 Å². The lowest BCUT2D eigenvalue weighted by Crippen LogP contribution is -2.00. The van der Waals surface area contributed by atoms with Crippen LogP contribution in [0.25, 0.3) is 0 Å². The minimum Gasteiger partial charge on any atom is -0.391 e. The molecule has 0 spiro atoms. The van der Waals surface area contributed by atoms with Gasteiger partial charge in [-0.15, -0.1) is 11.8 Å². The predicted octanol–water partition coefficient (Wildman–Crippen LogP) is 2.76. The predicted molar refractivity (Wildman–Crippen MR) is 54.7 cm³/mol. The van der Waals surface area contributed by atoms with Crippen molar-refractivity contribution in [3.63, 3.8) is 0 Å². The first-order valence-electron chi connectivity index (χ1n) is 3.98. The van der Waals surface area contributed by atoms with Gasteiger partial charge in [0.2, 0.25) is 0 Å². The van der Waals surface area contributed by atoms with Crippen molar-refractivity contribution in [2.45, 2.75) is 26.0 Å². The molecule has 1 N–H and O–H groups in total. The Kier molecular flexibility index (Phi) is 7.47. The molecule has 11 heavy (non-hydrogen) atoms. The molecule has 0 aromatic rings. The molecule has 0 fully saturated rings. The first kappa shape index (κ1) is 10.6. The van der Waals surface area contributed by atoms with Crippen molar-refractivity contribution < 1.29 is 0 Å². The molecule has 64 valence electrons. The van der Waals surface area contributed by atoms with E-state index in [1.165, 1.54) is 0 Å². The number of allylic oxidation sites excluding steroid dienone is 2. The van der Waals surface area contributed by atoms with Crippen molar-refractivity contribution in [2.75, 3.05) is 6.54 Å². The van der Waals surface area contributed by atoms with Crippen LogP contribution in [0.1, 0.15) is 20.8 Å². The van der Waals surface area contributed by atoms with Gasteiger partial charge >= 0.3 is 0 Å². The Labute approximate surface area is 74.0 Å². The van der Waals surface area contributed by atoms with Crippen molar-refractivity contribution in [1.82, 2.24) is 5.32 Å². The summed E-state index contributed by atoms with van der Waals surface area (Å²) in [4.78, 5) is 0. The Hall–Kier alpha value is -0.370. The van der Waals surface area contributed by atoms with E-state index in [1.807, 2.05) is 30.1 Å². The Balaban J connectivity index is 3.28. The van der Waals surface area contributed by atoms with E-state index in [-0.39, 0.29) is 0 Å². The van der Waals surface area contributed by atoms with Crippen molar-refractivity contribution in [1.29, 1.82) is 0 Å². The molecule has 0 saturated carbocycles. The van der Waals surface area contributed by atoms with Gasteiger partial charge in [-0.3, -0.25) is 0 Å². The highest BCUT2D eigenvalue weighted by Crippen LogP contribution is 2.09. The van der Waals surface area contributed by atoms with Crippen LogP contribution in [0, 0.1) is 0 Å². The van der Waals surface area contributed by atoms with E-state index >= 15 is 0 Å². The van der Waals surface area contributed by atoms with Crippen molar-refractivity contribution >= 4 is 11.8 Å². The number of rotatable bonds is 5. The monoisotopic (exact) mass is 171 g/mol. The van der Waals surface area contributed by atoms with Gasteiger partial charge in [-0.2, -0.15) is 0 Å². The topological polar surface area (TPSA) is 12.0 Å². The van der Waals surface area contributed by atoms with Crippen molar-refractivity contribution in [3.05, 3.63) is 23.8 Å². The second kappa shape index (κ2) is 7.73. The first-order chi connectivity index (χ1) is 5.27. The van der Waals surface area contributed by atoms with E-state index in [9.17, 15) is 0 Å². The Bertz CT molecular complexity index is 128. The lowest BCUT2D eigenvalue weighted by Gasteiger charge is -1.94. The molecule has 0 amide bonds. The van der Waals surface area contributed by atoms with E-state index < -0.39 is 0 Å². The Morgan fingerprint density at radius 3 is 2.64 bits per heavy atom. The van der Waals surface area contributed by atoms with Crippen LogP contribution < -0.4 is 5.32 Å². The standard InChI is InChI=1S/C9H17NS/c1-4-10-7-5-6-8-11-9(2)3/h5-10H,4H2,1-3H3/b7-5+,8-6+. The number of thioether (sulfide) groups is 1. The zero-order valence-electron chi connectivity index (χ0n) is 7.50. The van der Waals surface area contributed by atoms with E-state index in [0.29, 0.717) is 5.25 Å². The molecule has 0 saturated heterocycles. The van der Waals surface area contributed by atoms with Gasteiger partial charge in [0.25, 0.3) is 0 Å². The maximum atomic E-state index is 3.10. The Morgan fingerprint density at radius 2 is 2.09 bits per heavy atom. The van der Waals surface area contributed by atoms with Gasteiger partial charge in [0.05, 0.1) is 0 Å². The second-order valence-corrected chi connectivity index (χ2v) is 3.92. The van der Waals surface area contributed by atoms with Crippen LogP contribution >= 0.6 is 11.8 Å². The minimum atomic E-state index is 0.679. The van der Waals surface area contributed by atoms with E-state index in [0.717, 1.165) is 6.54 Å². The maximum Gasteiger partial charge on any atom is 0.0113 e. The molecular formula is C9H17NS. The molecule has 0 aromatic heterocycles. The van der Waals surface area contributed by atoms with Gasteiger partial charge in [-0.1, -0.05) is 19.9 Å². The van der Waals surface area contributed by atoms with E-state index in [4.69, 9.17) is 0 Å².